The number of nitrogens with one attached hydrogen (secondary N) is 2. The van der Waals surface area contributed by atoms with E-state index >= 15 is 0 Å². The number of anilines is 2. The molecular formula is C35H32BrCl2N3O6. The van der Waals surface area contributed by atoms with Gasteiger partial charge in [0.25, 0.3) is 0 Å². The van der Waals surface area contributed by atoms with E-state index in [4.69, 9.17) is 37.4 Å². The van der Waals surface area contributed by atoms with Gasteiger partial charge in [-0.05, 0) is 77.6 Å². The molecule has 1 aromatic heterocycles. The third kappa shape index (κ3) is 9.48. The second-order valence-corrected chi connectivity index (χ2v) is 12.5. The van der Waals surface area contributed by atoms with Crippen LogP contribution in [0.4, 0.5) is 11.4 Å². The van der Waals surface area contributed by atoms with Gasteiger partial charge in [-0.3, -0.25) is 4.79 Å². The van der Waals surface area contributed by atoms with Gasteiger partial charge < -0.3 is 30.0 Å². The monoisotopic (exact) mass is 739 g/mol. The lowest BCUT2D eigenvalue weighted by Crippen LogP contribution is -2.33. The molecule has 0 aliphatic carbocycles. The maximum absolute atomic E-state index is 13.4. The van der Waals surface area contributed by atoms with E-state index in [0.717, 1.165) is 33.1 Å². The average molecular weight is 741 g/mol. The quantitative estimate of drug-likeness (QED) is 0.111. The molecule has 9 nitrogen and oxygen atoms in total. The predicted molar refractivity (Wildman–Crippen MR) is 187 cm³/mol. The molecule has 2 heterocycles. The first-order chi connectivity index (χ1) is 22.7. The highest BCUT2D eigenvalue weighted by Gasteiger charge is 2.22. The molecule has 1 saturated heterocycles. The minimum absolute atomic E-state index is 0.0203. The normalized spacial score (nSPS) is 14.0. The second-order valence-electron chi connectivity index (χ2n) is 10.7. The Hall–Kier alpha value is -4.09. The van der Waals surface area contributed by atoms with E-state index in [-0.39, 0.29) is 36.4 Å². The number of pyridine rings is 1. The molecule has 0 bridgehead atoms. The molecule has 0 spiro atoms. The Kier molecular flexibility index (Phi) is 11.8. The van der Waals surface area contributed by atoms with Gasteiger partial charge in [0.2, 0.25) is 11.8 Å². The van der Waals surface area contributed by atoms with Crippen molar-refractivity contribution in [1.29, 1.82) is 0 Å². The molecule has 4 aromatic rings. The van der Waals surface area contributed by atoms with Gasteiger partial charge in [0.15, 0.2) is 0 Å². The number of aromatic carboxylic acids is 1. The number of ether oxygens (including phenoxy) is 3. The molecule has 1 atom stereocenters. The van der Waals surface area contributed by atoms with E-state index in [1.807, 2.05) is 42.5 Å². The minimum atomic E-state index is -1.10. The van der Waals surface area contributed by atoms with Crippen LogP contribution in [-0.4, -0.2) is 48.3 Å². The van der Waals surface area contributed by atoms with E-state index in [0.29, 0.717) is 47.0 Å². The van der Waals surface area contributed by atoms with Gasteiger partial charge in [0.05, 0.1) is 30.9 Å². The lowest BCUT2D eigenvalue weighted by molar-refractivity contribution is -0.115. The summed E-state index contributed by atoms with van der Waals surface area (Å²) in [6, 6.07) is 19.4. The molecule has 1 aliphatic rings. The van der Waals surface area contributed by atoms with Gasteiger partial charge in [0.1, 0.15) is 23.2 Å². The average Bonchev–Trinajstić information content (AvgIpc) is 3.01. The number of amides is 1. The number of benzene rings is 3. The Bertz CT molecular complexity index is 1800. The molecule has 0 saturated carbocycles. The molecule has 5 rings (SSSR count). The molecular weight excluding hydrogens is 709 g/mol. The van der Waals surface area contributed by atoms with Gasteiger partial charge in [-0.1, -0.05) is 69.5 Å². The molecule has 0 radical (unpaired) electrons. The number of carboxylic acids is 1. The molecule has 1 amide bonds. The highest BCUT2D eigenvalue weighted by molar-refractivity contribution is 9.10. The molecule has 47 heavy (non-hydrogen) atoms. The third-order valence-corrected chi connectivity index (χ3v) is 8.41. The number of hydrogen-bond donors (Lipinski definition) is 3. The van der Waals surface area contributed by atoms with Crippen molar-refractivity contribution in [1.82, 2.24) is 4.98 Å². The van der Waals surface area contributed by atoms with Gasteiger partial charge >= 0.3 is 5.97 Å². The number of carboxylic acid groups (broad SMARTS) is 1. The van der Waals surface area contributed by atoms with Crippen LogP contribution in [0.3, 0.4) is 0 Å². The van der Waals surface area contributed by atoms with Crippen LogP contribution in [-0.2, 0) is 29.0 Å². The van der Waals surface area contributed by atoms with E-state index in [2.05, 4.69) is 31.5 Å². The number of nitrogens with zero attached hydrogens (tertiary/aromatic N) is 1. The number of carbonyl (C=O) groups excluding carboxylic acids is 1. The van der Waals surface area contributed by atoms with Crippen molar-refractivity contribution in [3.8, 4) is 11.6 Å². The fourth-order valence-electron chi connectivity index (χ4n) is 4.94. The van der Waals surface area contributed by atoms with Crippen molar-refractivity contribution < 1.29 is 28.9 Å². The van der Waals surface area contributed by atoms with E-state index in [1.54, 1.807) is 24.3 Å². The number of aromatic nitrogens is 1. The molecule has 1 fully saturated rings. The number of allylic oxidation sites excluding steroid dienone is 1. The first kappa shape index (κ1) is 34.3. The summed E-state index contributed by atoms with van der Waals surface area (Å²) in [5.74, 6) is -0.732. The summed E-state index contributed by atoms with van der Waals surface area (Å²) < 4.78 is 17.7. The first-order valence-corrected chi connectivity index (χ1v) is 16.3. The molecule has 3 aromatic carbocycles. The lowest BCUT2D eigenvalue weighted by Gasteiger charge is -2.27. The predicted octanol–water partition coefficient (Wildman–Crippen LogP) is 8.07. The van der Waals surface area contributed by atoms with Gasteiger partial charge in [-0.25, -0.2) is 9.78 Å². The SMILES string of the molecule is COc1cc(C(=O)O)cc(NCC2CCO2)c1NC(=O)Cc1ccc(Br)cc1CC=Cc1cc(Cl)ccc1COc1cccc(Cl)n1. The highest BCUT2D eigenvalue weighted by atomic mass is 79.9. The van der Waals surface area contributed by atoms with Crippen molar-refractivity contribution >= 4 is 68.5 Å². The van der Waals surface area contributed by atoms with Crippen LogP contribution < -0.4 is 20.1 Å². The summed E-state index contributed by atoms with van der Waals surface area (Å²) >= 11 is 15.9. The van der Waals surface area contributed by atoms with Crippen LogP contribution in [0.2, 0.25) is 10.2 Å². The standard InChI is InChI=1S/C35H32BrCl2N3O6/c1-45-30-17-25(35(43)44)16-29(39-19-28-12-13-46-28)34(30)41-32(42)18-23-8-10-26(36)14-21(23)4-2-5-22-15-27(37)11-9-24(22)20-47-33-7-3-6-31(38)40-33/h2-3,5-11,14-17,28,39H,4,12-13,18-20H2,1H3,(H,41,42)(H,43,44). The van der Waals surface area contributed by atoms with Crippen molar-refractivity contribution in [2.24, 2.45) is 0 Å². The second kappa shape index (κ2) is 16.1. The van der Waals surface area contributed by atoms with Crippen molar-refractivity contribution in [2.45, 2.75) is 32.0 Å². The van der Waals surface area contributed by atoms with Crippen molar-refractivity contribution in [3.05, 3.63) is 115 Å². The fourth-order valence-corrected chi connectivity index (χ4v) is 5.68. The smallest absolute Gasteiger partial charge is 0.335 e. The maximum Gasteiger partial charge on any atom is 0.335 e. The first-order valence-electron chi connectivity index (χ1n) is 14.8. The zero-order valence-corrected chi connectivity index (χ0v) is 28.5. The number of hydrogen-bond acceptors (Lipinski definition) is 7. The number of halogens is 3. The Morgan fingerprint density at radius 1 is 1.09 bits per heavy atom. The lowest BCUT2D eigenvalue weighted by atomic mass is 10.00. The largest absolute Gasteiger partial charge is 0.494 e. The Morgan fingerprint density at radius 2 is 1.89 bits per heavy atom. The fraction of sp³-hybridized carbons (Fsp3) is 0.229. The van der Waals surface area contributed by atoms with Crippen LogP contribution in [0.1, 0.15) is 39.0 Å². The summed E-state index contributed by atoms with van der Waals surface area (Å²) in [5, 5.41) is 16.7. The van der Waals surface area contributed by atoms with Crippen LogP contribution in [0.5, 0.6) is 11.6 Å². The molecule has 1 aliphatic heterocycles. The van der Waals surface area contributed by atoms with E-state index in [9.17, 15) is 14.7 Å². The highest BCUT2D eigenvalue weighted by Crippen LogP contribution is 2.35. The van der Waals surface area contributed by atoms with Crippen LogP contribution in [0.15, 0.2) is 77.3 Å². The van der Waals surface area contributed by atoms with Gasteiger partial charge in [0, 0.05) is 28.7 Å². The molecule has 244 valence electrons. The number of carbonyl (C=O) groups is 2. The Labute approximate surface area is 291 Å². The van der Waals surface area contributed by atoms with Crippen molar-refractivity contribution in [2.75, 3.05) is 30.9 Å². The summed E-state index contributed by atoms with van der Waals surface area (Å²) in [6.45, 7) is 1.43. The van der Waals surface area contributed by atoms with E-state index in [1.165, 1.54) is 19.2 Å². The van der Waals surface area contributed by atoms with Gasteiger partial charge in [-0.15, -0.1) is 0 Å². The van der Waals surface area contributed by atoms with Crippen molar-refractivity contribution in [3.63, 3.8) is 0 Å². The molecule has 1 unspecified atom stereocenters. The minimum Gasteiger partial charge on any atom is -0.494 e. The number of methoxy groups -OCH3 is 1. The summed E-state index contributed by atoms with van der Waals surface area (Å²) in [6.07, 6.45) is 5.52. The third-order valence-electron chi connectivity index (χ3n) is 7.47. The maximum atomic E-state index is 13.4. The Morgan fingerprint density at radius 3 is 2.62 bits per heavy atom. The van der Waals surface area contributed by atoms with Gasteiger partial charge in [-0.2, -0.15) is 0 Å². The van der Waals surface area contributed by atoms with Crippen LogP contribution >= 0.6 is 39.1 Å². The zero-order chi connectivity index (χ0) is 33.3. The van der Waals surface area contributed by atoms with E-state index < -0.39 is 5.97 Å². The summed E-state index contributed by atoms with van der Waals surface area (Å²) in [4.78, 5) is 29.4. The number of rotatable bonds is 14. The summed E-state index contributed by atoms with van der Waals surface area (Å²) in [7, 11) is 1.43. The van der Waals surface area contributed by atoms with Crippen LogP contribution in [0, 0.1) is 0 Å². The Balaban J connectivity index is 1.31. The topological polar surface area (TPSA) is 119 Å². The summed E-state index contributed by atoms with van der Waals surface area (Å²) in [5.41, 5.74) is 4.42. The zero-order valence-electron chi connectivity index (χ0n) is 25.4. The molecule has 3 N–H and O–H groups in total. The molecule has 12 heteroatoms. The van der Waals surface area contributed by atoms with Crippen LogP contribution in [0.25, 0.3) is 6.08 Å².